The molecule has 1 heterocycles. The van der Waals surface area contributed by atoms with Crippen LogP contribution >= 0.6 is 23.2 Å². The van der Waals surface area contributed by atoms with Gasteiger partial charge in [0.15, 0.2) is 5.69 Å². The molecule has 0 fully saturated rings. The van der Waals surface area contributed by atoms with Crippen molar-refractivity contribution in [2.75, 3.05) is 0 Å². The van der Waals surface area contributed by atoms with Crippen molar-refractivity contribution in [2.45, 2.75) is 6.92 Å². The zero-order valence-corrected chi connectivity index (χ0v) is 10.2. The van der Waals surface area contributed by atoms with Gasteiger partial charge in [0.1, 0.15) is 0 Å². The second kappa shape index (κ2) is 4.73. The molecule has 17 heavy (non-hydrogen) atoms. The number of aromatic amines is 1. The lowest BCUT2D eigenvalue weighted by Crippen LogP contribution is -1.89. The number of aryl methyl sites for hydroxylation is 1. The third-order valence-electron chi connectivity index (χ3n) is 2.01. The van der Waals surface area contributed by atoms with Crippen LogP contribution in [0.5, 0.6) is 0 Å². The molecule has 0 radical (unpaired) electrons. The van der Waals surface area contributed by atoms with Crippen LogP contribution in [0.2, 0.25) is 10.0 Å². The Morgan fingerprint density at radius 3 is 2.59 bits per heavy atom. The second-order valence-corrected chi connectivity index (χ2v) is 4.08. The van der Waals surface area contributed by atoms with E-state index in [1.54, 1.807) is 25.1 Å². The molecular weight excluding hydrogens is 265 g/mol. The van der Waals surface area contributed by atoms with E-state index in [0.717, 1.165) is 0 Å². The molecular formula is C10H7Cl2N3O2. The maximum Gasteiger partial charge on any atom is 0.384 e. The molecule has 0 spiro atoms. The lowest BCUT2D eigenvalue weighted by Gasteiger charge is -1.95. The van der Waals surface area contributed by atoms with Crippen molar-refractivity contribution in [3.05, 3.63) is 44.4 Å². The number of rotatable bonds is 2. The van der Waals surface area contributed by atoms with Crippen LogP contribution in [-0.2, 0) is 0 Å². The number of aromatic nitrogens is 1. The van der Waals surface area contributed by atoms with E-state index in [2.05, 4.69) is 19.9 Å². The van der Waals surface area contributed by atoms with E-state index in [-0.39, 0.29) is 5.69 Å². The predicted octanol–water partition coefficient (Wildman–Crippen LogP) is 4.00. The average Bonchev–Trinajstić information content (AvgIpc) is 2.61. The van der Waals surface area contributed by atoms with E-state index in [4.69, 9.17) is 23.2 Å². The molecule has 2 aromatic rings. The van der Waals surface area contributed by atoms with E-state index in [9.17, 15) is 4.79 Å². The summed E-state index contributed by atoms with van der Waals surface area (Å²) in [7, 11) is 0. The predicted molar refractivity (Wildman–Crippen MR) is 64.7 cm³/mol. The standard InChI is InChI=1S/C10H7Cl2N3O2/c1-5-9(10(16)17-15-5)14-13-6-2-3-7(11)8(12)4-6/h2-4,15H,1H3. The molecule has 0 aliphatic rings. The SMILES string of the molecule is Cc1[nH]oc(=O)c1N=Nc1ccc(Cl)c(Cl)c1. The average molecular weight is 272 g/mol. The first-order chi connectivity index (χ1) is 8.08. The quantitative estimate of drug-likeness (QED) is 0.839. The number of hydrogen-bond acceptors (Lipinski definition) is 4. The van der Waals surface area contributed by atoms with Crippen molar-refractivity contribution in [3.63, 3.8) is 0 Å². The van der Waals surface area contributed by atoms with Crippen LogP contribution in [0.25, 0.3) is 0 Å². The van der Waals surface area contributed by atoms with Gasteiger partial charge in [-0.2, -0.15) is 5.11 Å². The van der Waals surface area contributed by atoms with Crippen LogP contribution in [0.3, 0.4) is 0 Å². The van der Waals surface area contributed by atoms with Crippen molar-refractivity contribution < 1.29 is 4.52 Å². The highest BCUT2D eigenvalue weighted by atomic mass is 35.5. The molecule has 1 aromatic heterocycles. The summed E-state index contributed by atoms with van der Waals surface area (Å²) in [5.41, 5.74) is 0.584. The van der Waals surface area contributed by atoms with Gasteiger partial charge in [0, 0.05) is 0 Å². The van der Waals surface area contributed by atoms with E-state index in [1.165, 1.54) is 0 Å². The molecule has 0 aliphatic carbocycles. The fourth-order valence-corrected chi connectivity index (χ4v) is 1.44. The largest absolute Gasteiger partial charge is 0.384 e. The van der Waals surface area contributed by atoms with Gasteiger partial charge in [0.25, 0.3) is 0 Å². The maximum atomic E-state index is 11.2. The summed E-state index contributed by atoms with van der Waals surface area (Å²) in [5, 5.41) is 10.9. The van der Waals surface area contributed by atoms with E-state index in [0.29, 0.717) is 21.4 Å². The van der Waals surface area contributed by atoms with E-state index >= 15 is 0 Å². The number of nitrogens with one attached hydrogen (secondary N) is 1. The lowest BCUT2D eigenvalue weighted by molar-refractivity contribution is 0.388. The smallest absolute Gasteiger partial charge is 0.336 e. The second-order valence-electron chi connectivity index (χ2n) is 3.26. The molecule has 0 unspecified atom stereocenters. The maximum absolute atomic E-state index is 11.2. The number of H-pyrrole nitrogens is 1. The normalized spacial score (nSPS) is 11.2. The minimum absolute atomic E-state index is 0.135. The van der Waals surface area contributed by atoms with Crippen LogP contribution < -0.4 is 5.63 Å². The molecule has 0 saturated heterocycles. The first kappa shape index (κ1) is 11.9. The van der Waals surface area contributed by atoms with Crippen LogP contribution in [-0.4, -0.2) is 5.16 Å². The fraction of sp³-hybridized carbons (Fsp3) is 0.100. The molecule has 0 bridgehead atoms. The first-order valence-electron chi connectivity index (χ1n) is 4.63. The fourth-order valence-electron chi connectivity index (χ4n) is 1.14. The Morgan fingerprint density at radius 1 is 1.24 bits per heavy atom. The minimum atomic E-state index is -0.564. The summed E-state index contributed by atoms with van der Waals surface area (Å²) in [6.07, 6.45) is 0. The number of benzene rings is 1. The number of azo groups is 1. The lowest BCUT2D eigenvalue weighted by atomic mass is 10.3. The highest BCUT2D eigenvalue weighted by Crippen LogP contribution is 2.27. The Bertz CT molecular complexity index is 631. The summed E-state index contributed by atoms with van der Waals surface area (Å²) in [6.45, 7) is 1.66. The Kier molecular flexibility index (Phi) is 3.31. The van der Waals surface area contributed by atoms with E-state index in [1.807, 2.05) is 0 Å². The van der Waals surface area contributed by atoms with Crippen LogP contribution in [0.15, 0.2) is 37.7 Å². The summed E-state index contributed by atoms with van der Waals surface area (Å²) < 4.78 is 4.55. The van der Waals surface area contributed by atoms with E-state index < -0.39 is 5.63 Å². The summed E-state index contributed by atoms with van der Waals surface area (Å²) >= 11 is 11.6. The van der Waals surface area contributed by atoms with Gasteiger partial charge in [-0.25, -0.2) is 9.95 Å². The highest BCUT2D eigenvalue weighted by Gasteiger charge is 2.06. The van der Waals surface area contributed by atoms with Crippen molar-refractivity contribution in [3.8, 4) is 0 Å². The van der Waals surface area contributed by atoms with Crippen molar-refractivity contribution in [1.82, 2.24) is 5.16 Å². The number of halogens is 2. The molecule has 0 aliphatic heterocycles. The van der Waals surface area contributed by atoms with Gasteiger partial charge in [-0.3, -0.25) is 0 Å². The third-order valence-corrected chi connectivity index (χ3v) is 2.75. The van der Waals surface area contributed by atoms with Crippen molar-refractivity contribution >= 4 is 34.6 Å². The molecule has 1 N–H and O–H groups in total. The zero-order chi connectivity index (χ0) is 12.4. The summed E-state index contributed by atoms with van der Waals surface area (Å²) in [6, 6.07) is 4.79. The highest BCUT2D eigenvalue weighted by molar-refractivity contribution is 6.42. The van der Waals surface area contributed by atoms with Gasteiger partial charge in [0.2, 0.25) is 0 Å². The Balaban J connectivity index is 2.32. The topological polar surface area (TPSA) is 70.7 Å². The summed E-state index contributed by atoms with van der Waals surface area (Å²) in [5.74, 6) is 0. The molecule has 7 heteroatoms. The van der Waals surface area contributed by atoms with Gasteiger partial charge in [0.05, 0.1) is 21.4 Å². The van der Waals surface area contributed by atoms with Crippen LogP contribution in [0.1, 0.15) is 5.69 Å². The first-order valence-corrected chi connectivity index (χ1v) is 5.38. The van der Waals surface area contributed by atoms with Crippen molar-refractivity contribution in [2.24, 2.45) is 10.2 Å². The third kappa shape index (κ3) is 2.57. The number of nitrogens with zero attached hydrogens (tertiary/aromatic N) is 2. The van der Waals surface area contributed by atoms with Gasteiger partial charge in [-0.05, 0) is 25.1 Å². The minimum Gasteiger partial charge on any atom is -0.336 e. The molecule has 1 aromatic carbocycles. The monoisotopic (exact) mass is 271 g/mol. The molecule has 0 saturated carbocycles. The number of hydrogen-bond donors (Lipinski definition) is 1. The van der Waals surface area contributed by atoms with Gasteiger partial charge < -0.3 is 4.52 Å². The molecule has 0 amide bonds. The molecule has 88 valence electrons. The van der Waals surface area contributed by atoms with Gasteiger partial charge in [-0.1, -0.05) is 23.2 Å². The Labute approximate surface area is 106 Å². The molecule has 2 rings (SSSR count). The van der Waals surface area contributed by atoms with Gasteiger partial charge >= 0.3 is 5.63 Å². The summed E-state index contributed by atoms with van der Waals surface area (Å²) in [4.78, 5) is 11.2. The molecule has 5 nitrogen and oxygen atoms in total. The molecule has 0 atom stereocenters. The Morgan fingerprint density at radius 2 is 2.00 bits per heavy atom. The van der Waals surface area contributed by atoms with Crippen LogP contribution in [0, 0.1) is 6.92 Å². The van der Waals surface area contributed by atoms with Gasteiger partial charge in [-0.15, -0.1) is 5.11 Å². The van der Waals surface area contributed by atoms with Crippen molar-refractivity contribution in [1.29, 1.82) is 0 Å². The van der Waals surface area contributed by atoms with Crippen LogP contribution in [0.4, 0.5) is 11.4 Å². The zero-order valence-electron chi connectivity index (χ0n) is 8.70. The Hall–Kier alpha value is -1.59.